The standard InChI is InChI=1S/C35H48N4O4/c1-24(34(42)37-29-15-6-3-7-16-29)36-23-32(40)31(19-25-11-4-2-5-12-25)38-35(43)28-20-27(26-13-8-9-14-26)21-30(22-28)39-18-10-17-33(39)41/h2,4-5,11-12,20-22,24,26,29,31-32,36,40H,3,6-10,13-19,23H2,1H3,(H,37,42)(H,38,43)/t24-,31?,32+/m0/s1. The maximum atomic E-state index is 13.8. The first-order chi connectivity index (χ1) is 20.9. The Kier molecular flexibility index (Phi) is 10.9. The summed E-state index contributed by atoms with van der Waals surface area (Å²) in [6, 6.07) is 14.9. The van der Waals surface area contributed by atoms with Crippen molar-refractivity contribution in [3.05, 3.63) is 65.2 Å². The first-order valence-electron chi connectivity index (χ1n) is 16.4. The van der Waals surface area contributed by atoms with Gasteiger partial charge >= 0.3 is 0 Å². The predicted octanol–water partition coefficient (Wildman–Crippen LogP) is 4.60. The summed E-state index contributed by atoms with van der Waals surface area (Å²) in [4.78, 5) is 41.0. The number of benzene rings is 2. The zero-order chi connectivity index (χ0) is 30.2. The van der Waals surface area contributed by atoms with E-state index in [1.165, 1.54) is 19.3 Å². The third kappa shape index (κ3) is 8.45. The lowest BCUT2D eigenvalue weighted by Gasteiger charge is -2.28. The maximum absolute atomic E-state index is 13.8. The van der Waals surface area contributed by atoms with Gasteiger partial charge in [0, 0.05) is 36.8 Å². The van der Waals surface area contributed by atoms with Gasteiger partial charge in [-0.2, -0.15) is 0 Å². The van der Waals surface area contributed by atoms with Gasteiger partial charge in [-0.15, -0.1) is 0 Å². The van der Waals surface area contributed by atoms with E-state index >= 15 is 0 Å². The minimum Gasteiger partial charge on any atom is -0.390 e. The van der Waals surface area contributed by atoms with E-state index in [0.717, 1.165) is 61.8 Å². The molecule has 2 aromatic carbocycles. The predicted molar refractivity (Wildman–Crippen MR) is 169 cm³/mol. The molecule has 2 saturated carbocycles. The Morgan fingerprint density at radius 2 is 1.67 bits per heavy atom. The summed E-state index contributed by atoms with van der Waals surface area (Å²) < 4.78 is 0. The summed E-state index contributed by atoms with van der Waals surface area (Å²) in [6.07, 6.45) is 10.9. The van der Waals surface area contributed by atoms with Gasteiger partial charge in [0.2, 0.25) is 11.8 Å². The van der Waals surface area contributed by atoms with Crippen molar-refractivity contribution in [3.63, 3.8) is 0 Å². The molecule has 1 saturated heterocycles. The highest BCUT2D eigenvalue weighted by molar-refractivity contribution is 5.99. The SMILES string of the molecule is C[C@H](NC[C@@H](O)C(Cc1ccccc1)NC(=O)c1cc(C2CCCC2)cc(N2CCCC2=O)c1)C(=O)NC1CCCCC1. The second kappa shape index (κ2) is 15.0. The van der Waals surface area contributed by atoms with Crippen LogP contribution < -0.4 is 20.9 Å². The second-order valence-corrected chi connectivity index (χ2v) is 12.8. The van der Waals surface area contributed by atoms with E-state index in [1.54, 1.807) is 4.90 Å². The molecule has 8 nitrogen and oxygen atoms in total. The van der Waals surface area contributed by atoms with Crippen molar-refractivity contribution in [2.45, 2.75) is 114 Å². The third-order valence-corrected chi connectivity index (χ3v) is 9.47. The normalized spacial score (nSPS) is 20.1. The van der Waals surface area contributed by atoms with Crippen molar-refractivity contribution in [3.8, 4) is 0 Å². The van der Waals surface area contributed by atoms with Gasteiger partial charge in [0.15, 0.2) is 0 Å². The van der Waals surface area contributed by atoms with E-state index in [9.17, 15) is 19.5 Å². The number of hydrogen-bond acceptors (Lipinski definition) is 5. The fourth-order valence-corrected chi connectivity index (χ4v) is 6.85. The lowest BCUT2D eigenvalue weighted by atomic mass is 9.94. The molecule has 0 aromatic heterocycles. The number of aliphatic hydroxyl groups is 1. The van der Waals surface area contributed by atoms with E-state index in [4.69, 9.17) is 0 Å². The van der Waals surface area contributed by atoms with E-state index in [1.807, 2.05) is 49.4 Å². The molecule has 3 fully saturated rings. The van der Waals surface area contributed by atoms with Gasteiger partial charge in [-0.3, -0.25) is 14.4 Å². The quantitative estimate of drug-likeness (QED) is 0.290. The van der Waals surface area contributed by atoms with Crippen LogP contribution >= 0.6 is 0 Å². The molecule has 1 aliphatic heterocycles. The number of nitrogens with zero attached hydrogens (tertiary/aromatic N) is 1. The Labute approximate surface area is 256 Å². The first kappa shape index (κ1) is 31.2. The summed E-state index contributed by atoms with van der Waals surface area (Å²) in [5.74, 6) is 0.159. The molecule has 0 bridgehead atoms. The highest BCUT2D eigenvalue weighted by Crippen LogP contribution is 2.37. The molecule has 1 unspecified atom stereocenters. The summed E-state index contributed by atoms with van der Waals surface area (Å²) in [7, 11) is 0. The van der Waals surface area contributed by atoms with Crippen molar-refractivity contribution in [1.82, 2.24) is 16.0 Å². The van der Waals surface area contributed by atoms with Crippen LogP contribution in [0.3, 0.4) is 0 Å². The number of carbonyl (C=O) groups excluding carboxylic acids is 3. The summed E-state index contributed by atoms with van der Waals surface area (Å²) in [6.45, 7) is 2.64. The van der Waals surface area contributed by atoms with Crippen LogP contribution in [0, 0.1) is 0 Å². The molecule has 3 atom stereocenters. The topological polar surface area (TPSA) is 111 Å². The molecule has 3 aliphatic rings. The minimum absolute atomic E-state index is 0.0598. The van der Waals surface area contributed by atoms with E-state index < -0.39 is 18.2 Å². The Balaban J connectivity index is 1.29. The lowest BCUT2D eigenvalue weighted by molar-refractivity contribution is -0.123. The molecule has 3 amide bonds. The van der Waals surface area contributed by atoms with Crippen molar-refractivity contribution in [1.29, 1.82) is 0 Å². The Bertz CT molecular complexity index is 1240. The van der Waals surface area contributed by atoms with Crippen LogP contribution in [0.4, 0.5) is 5.69 Å². The smallest absolute Gasteiger partial charge is 0.251 e. The molecular formula is C35H48N4O4. The fourth-order valence-electron chi connectivity index (χ4n) is 6.85. The highest BCUT2D eigenvalue weighted by atomic mass is 16.3. The zero-order valence-corrected chi connectivity index (χ0v) is 25.5. The molecule has 5 rings (SSSR count). The van der Waals surface area contributed by atoms with E-state index in [2.05, 4.69) is 22.0 Å². The van der Waals surface area contributed by atoms with E-state index in [-0.39, 0.29) is 30.3 Å². The average molecular weight is 589 g/mol. The summed E-state index contributed by atoms with van der Waals surface area (Å²) in [5, 5.41) is 20.8. The summed E-state index contributed by atoms with van der Waals surface area (Å²) >= 11 is 0. The van der Waals surface area contributed by atoms with Gasteiger partial charge in [-0.05, 0) is 80.7 Å². The van der Waals surface area contributed by atoms with Gasteiger partial charge in [0.1, 0.15) is 0 Å². The van der Waals surface area contributed by atoms with Crippen LogP contribution in [0.1, 0.15) is 105 Å². The molecule has 1 heterocycles. The lowest BCUT2D eigenvalue weighted by Crippen LogP contribution is -2.53. The van der Waals surface area contributed by atoms with Crippen LogP contribution in [0.5, 0.6) is 0 Å². The number of rotatable bonds is 12. The summed E-state index contributed by atoms with van der Waals surface area (Å²) in [5.41, 5.74) is 3.41. The maximum Gasteiger partial charge on any atom is 0.251 e. The average Bonchev–Trinajstić information content (AvgIpc) is 3.72. The second-order valence-electron chi connectivity index (χ2n) is 12.8. The molecule has 0 radical (unpaired) electrons. The molecule has 4 N–H and O–H groups in total. The monoisotopic (exact) mass is 588 g/mol. The number of hydrogen-bond donors (Lipinski definition) is 4. The van der Waals surface area contributed by atoms with Gasteiger partial charge in [-0.1, -0.05) is 62.4 Å². The number of nitrogens with one attached hydrogen (secondary N) is 3. The van der Waals surface area contributed by atoms with Gasteiger partial charge in [0.25, 0.3) is 5.91 Å². The van der Waals surface area contributed by atoms with Crippen molar-refractivity contribution < 1.29 is 19.5 Å². The Morgan fingerprint density at radius 1 is 0.953 bits per heavy atom. The molecular weight excluding hydrogens is 540 g/mol. The fraction of sp³-hybridized carbons (Fsp3) is 0.571. The van der Waals surface area contributed by atoms with Crippen molar-refractivity contribution in [2.24, 2.45) is 0 Å². The molecule has 8 heteroatoms. The molecule has 2 aliphatic carbocycles. The van der Waals surface area contributed by atoms with Crippen LogP contribution in [0.25, 0.3) is 0 Å². The molecule has 232 valence electrons. The third-order valence-electron chi connectivity index (χ3n) is 9.47. The van der Waals surface area contributed by atoms with Gasteiger partial charge in [0.05, 0.1) is 18.2 Å². The number of anilines is 1. The van der Waals surface area contributed by atoms with Gasteiger partial charge in [-0.25, -0.2) is 0 Å². The Morgan fingerprint density at radius 3 is 2.37 bits per heavy atom. The zero-order valence-electron chi connectivity index (χ0n) is 25.5. The van der Waals surface area contributed by atoms with Crippen molar-refractivity contribution in [2.75, 3.05) is 18.0 Å². The van der Waals surface area contributed by atoms with Gasteiger partial charge < -0.3 is 26.0 Å². The van der Waals surface area contributed by atoms with Crippen LogP contribution in [-0.4, -0.2) is 60.1 Å². The number of aliphatic hydroxyl groups excluding tert-OH is 1. The Hall–Kier alpha value is -3.23. The van der Waals surface area contributed by atoms with Crippen LogP contribution in [0.2, 0.25) is 0 Å². The number of carbonyl (C=O) groups is 3. The number of amides is 3. The van der Waals surface area contributed by atoms with Crippen LogP contribution in [0.15, 0.2) is 48.5 Å². The molecule has 2 aromatic rings. The molecule has 43 heavy (non-hydrogen) atoms. The van der Waals surface area contributed by atoms with E-state index in [0.29, 0.717) is 30.9 Å². The first-order valence-corrected chi connectivity index (χ1v) is 16.4. The van der Waals surface area contributed by atoms with Crippen LogP contribution in [-0.2, 0) is 16.0 Å². The molecule has 0 spiro atoms. The highest BCUT2D eigenvalue weighted by Gasteiger charge is 2.28. The van der Waals surface area contributed by atoms with Crippen molar-refractivity contribution >= 4 is 23.4 Å². The minimum atomic E-state index is -0.924. The largest absolute Gasteiger partial charge is 0.390 e.